The molecule has 152 valence electrons. The topological polar surface area (TPSA) is 73.1 Å². The van der Waals surface area contributed by atoms with Crippen molar-refractivity contribution in [1.82, 2.24) is 24.8 Å². The maximum absolute atomic E-state index is 13.3. The van der Waals surface area contributed by atoms with E-state index in [0.29, 0.717) is 36.4 Å². The molecular formula is C20H29N5O3. The molecule has 0 N–H and O–H groups in total. The number of hydrogen-bond acceptors (Lipinski definition) is 6. The molecule has 0 radical (unpaired) electrons. The van der Waals surface area contributed by atoms with E-state index in [4.69, 9.17) is 4.52 Å². The summed E-state index contributed by atoms with van der Waals surface area (Å²) in [5.74, 6) is 1.54. The van der Waals surface area contributed by atoms with Crippen LogP contribution in [0.2, 0.25) is 0 Å². The second kappa shape index (κ2) is 6.56. The monoisotopic (exact) mass is 387 g/mol. The van der Waals surface area contributed by atoms with Gasteiger partial charge in [-0.1, -0.05) is 5.16 Å². The fraction of sp³-hybridized carbons (Fsp3) is 0.750. The van der Waals surface area contributed by atoms with Crippen molar-refractivity contribution in [2.75, 3.05) is 46.3 Å². The van der Waals surface area contributed by atoms with Crippen LogP contribution in [0.3, 0.4) is 0 Å². The zero-order valence-electron chi connectivity index (χ0n) is 16.8. The number of carbonyl (C=O) groups excluding carboxylic acids is 2. The van der Waals surface area contributed by atoms with Crippen molar-refractivity contribution >= 4 is 11.8 Å². The number of piperidine rings is 1. The number of piperazine rings is 1. The van der Waals surface area contributed by atoms with Crippen LogP contribution in [0.4, 0.5) is 0 Å². The Morgan fingerprint density at radius 2 is 2.00 bits per heavy atom. The van der Waals surface area contributed by atoms with Gasteiger partial charge in [0.2, 0.25) is 5.91 Å². The molecule has 8 nitrogen and oxygen atoms in total. The van der Waals surface area contributed by atoms with Crippen molar-refractivity contribution in [2.45, 2.75) is 44.3 Å². The predicted molar refractivity (Wildman–Crippen MR) is 102 cm³/mol. The van der Waals surface area contributed by atoms with E-state index >= 15 is 0 Å². The summed E-state index contributed by atoms with van der Waals surface area (Å²) in [6, 6.07) is 1.67. The number of likely N-dealkylation sites (tertiary alicyclic amines) is 1. The normalized spacial score (nSPS) is 28.2. The first-order valence-corrected chi connectivity index (χ1v) is 10.5. The summed E-state index contributed by atoms with van der Waals surface area (Å²) in [6.45, 7) is 6.70. The Bertz CT molecular complexity index is 781. The van der Waals surface area contributed by atoms with E-state index in [0.717, 1.165) is 39.0 Å². The molecule has 3 saturated heterocycles. The summed E-state index contributed by atoms with van der Waals surface area (Å²) in [6.07, 6.45) is 4.10. The third-order valence-corrected chi connectivity index (χ3v) is 7.01. The number of nitrogens with zero attached hydrogens (tertiary/aromatic N) is 5. The van der Waals surface area contributed by atoms with E-state index in [2.05, 4.69) is 26.9 Å². The largest absolute Gasteiger partial charge is 0.361 e. The van der Waals surface area contributed by atoms with Gasteiger partial charge in [-0.25, -0.2) is 0 Å². The molecule has 1 atom stereocenters. The lowest BCUT2D eigenvalue weighted by molar-refractivity contribution is -0.134. The van der Waals surface area contributed by atoms with Crippen molar-refractivity contribution in [1.29, 1.82) is 0 Å². The van der Waals surface area contributed by atoms with Crippen LogP contribution in [0, 0.1) is 12.8 Å². The van der Waals surface area contributed by atoms with Gasteiger partial charge in [0, 0.05) is 58.2 Å². The zero-order chi connectivity index (χ0) is 19.5. The van der Waals surface area contributed by atoms with Crippen molar-refractivity contribution in [2.24, 2.45) is 5.92 Å². The van der Waals surface area contributed by atoms with Gasteiger partial charge in [0.25, 0.3) is 5.91 Å². The zero-order valence-corrected chi connectivity index (χ0v) is 16.8. The number of fused-ring (bicyclic) bond motifs is 2. The average Bonchev–Trinajstić information content (AvgIpc) is 3.38. The lowest BCUT2D eigenvalue weighted by Gasteiger charge is -2.50. The van der Waals surface area contributed by atoms with Gasteiger partial charge in [-0.15, -0.1) is 0 Å². The van der Waals surface area contributed by atoms with Crippen LogP contribution in [0.15, 0.2) is 10.6 Å². The number of aromatic nitrogens is 1. The van der Waals surface area contributed by atoms with Crippen LogP contribution >= 0.6 is 0 Å². The van der Waals surface area contributed by atoms with Gasteiger partial charge < -0.3 is 19.2 Å². The third-order valence-electron chi connectivity index (χ3n) is 7.01. The lowest BCUT2D eigenvalue weighted by Crippen LogP contribution is -2.63. The number of carbonyl (C=O) groups is 2. The maximum atomic E-state index is 13.3. The summed E-state index contributed by atoms with van der Waals surface area (Å²) in [7, 11) is 2.10. The Morgan fingerprint density at radius 1 is 1.25 bits per heavy atom. The molecule has 0 unspecified atom stereocenters. The fourth-order valence-corrected chi connectivity index (χ4v) is 5.24. The molecule has 1 saturated carbocycles. The summed E-state index contributed by atoms with van der Waals surface area (Å²) in [5.41, 5.74) is 0.158. The maximum Gasteiger partial charge on any atom is 0.276 e. The molecule has 4 aliphatic rings. The van der Waals surface area contributed by atoms with E-state index in [-0.39, 0.29) is 17.6 Å². The predicted octanol–water partition coefficient (Wildman–Crippen LogP) is 0.784. The average molecular weight is 387 g/mol. The van der Waals surface area contributed by atoms with Crippen LogP contribution in [-0.2, 0) is 4.79 Å². The second-order valence-electron chi connectivity index (χ2n) is 8.96. The van der Waals surface area contributed by atoms with E-state index in [1.807, 2.05) is 4.90 Å². The third kappa shape index (κ3) is 2.85. The molecule has 0 aromatic carbocycles. The number of rotatable bonds is 3. The number of aryl methyl sites for hydroxylation is 1. The van der Waals surface area contributed by atoms with Crippen molar-refractivity contribution in [3.63, 3.8) is 0 Å². The number of amides is 2. The minimum absolute atomic E-state index is 0.0297. The highest BCUT2D eigenvalue weighted by atomic mass is 16.5. The number of hydrogen-bond donors (Lipinski definition) is 0. The van der Waals surface area contributed by atoms with Gasteiger partial charge in [0.1, 0.15) is 17.5 Å². The molecule has 0 bridgehead atoms. The van der Waals surface area contributed by atoms with Gasteiger partial charge in [-0.2, -0.15) is 0 Å². The van der Waals surface area contributed by atoms with Crippen molar-refractivity contribution < 1.29 is 14.1 Å². The molecule has 1 aromatic heterocycles. The van der Waals surface area contributed by atoms with Crippen molar-refractivity contribution in [3.05, 3.63) is 17.5 Å². The van der Waals surface area contributed by atoms with Gasteiger partial charge >= 0.3 is 0 Å². The molecule has 28 heavy (non-hydrogen) atoms. The summed E-state index contributed by atoms with van der Waals surface area (Å²) in [4.78, 5) is 34.9. The summed E-state index contributed by atoms with van der Waals surface area (Å²) >= 11 is 0. The summed E-state index contributed by atoms with van der Waals surface area (Å²) in [5, 5.41) is 3.88. The first-order valence-electron chi connectivity index (χ1n) is 10.5. The molecule has 2 amide bonds. The highest BCUT2D eigenvalue weighted by molar-refractivity contribution is 5.92. The fourth-order valence-electron chi connectivity index (χ4n) is 5.24. The summed E-state index contributed by atoms with van der Waals surface area (Å²) < 4.78 is 5.07. The van der Waals surface area contributed by atoms with Crippen LogP contribution in [0.5, 0.6) is 0 Å². The first-order chi connectivity index (χ1) is 13.5. The molecule has 1 aromatic rings. The van der Waals surface area contributed by atoms with Gasteiger partial charge in [-0.05, 0) is 32.7 Å². The van der Waals surface area contributed by atoms with E-state index < -0.39 is 0 Å². The van der Waals surface area contributed by atoms with Crippen LogP contribution < -0.4 is 0 Å². The second-order valence-corrected chi connectivity index (χ2v) is 8.96. The molecule has 5 rings (SSSR count). The lowest BCUT2D eigenvalue weighted by atomic mass is 9.93. The Kier molecular flexibility index (Phi) is 4.24. The van der Waals surface area contributed by atoms with E-state index in [1.54, 1.807) is 13.0 Å². The Morgan fingerprint density at radius 3 is 2.64 bits per heavy atom. The van der Waals surface area contributed by atoms with Gasteiger partial charge in [0.05, 0.1) is 0 Å². The molecular weight excluding hydrogens is 358 g/mol. The first kappa shape index (κ1) is 18.1. The molecule has 8 heteroatoms. The quantitative estimate of drug-likeness (QED) is 0.763. The Hall–Kier alpha value is -1.93. The Balaban J connectivity index is 1.37. The highest BCUT2D eigenvalue weighted by Gasteiger charge is 2.59. The van der Waals surface area contributed by atoms with Gasteiger partial charge in [-0.3, -0.25) is 14.5 Å². The molecule has 4 fully saturated rings. The molecule has 4 heterocycles. The van der Waals surface area contributed by atoms with E-state index in [1.165, 1.54) is 12.8 Å². The van der Waals surface area contributed by atoms with Crippen LogP contribution in [0.25, 0.3) is 0 Å². The minimum atomic E-state index is -0.220. The molecule has 1 spiro atoms. The smallest absolute Gasteiger partial charge is 0.276 e. The van der Waals surface area contributed by atoms with Crippen LogP contribution in [-0.4, -0.2) is 94.6 Å². The van der Waals surface area contributed by atoms with Gasteiger partial charge in [0.15, 0.2) is 5.69 Å². The minimum Gasteiger partial charge on any atom is -0.361 e. The standard InChI is InChI=1S/C20H29N5O3/c1-14-11-16(21-28-14)18(26)23-7-5-20(6-8-23)24-10-9-22(2)13-17(24)19(27)25(20)12-15-3-4-15/h11,15,17H,3-10,12-13H2,1-2H3/t17-/m1/s1. The van der Waals surface area contributed by atoms with Crippen molar-refractivity contribution in [3.8, 4) is 0 Å². The SMILES string of the molecule is Cc1cc(C(=O)N2CCC3(CC2)N(CC2CC2)C(=O)[C@H]2CN(C)CCN23)no1. The number of likely N-dealkylation sites (N-methyl/N-ethyl adjacent to an activating group) is 1. The molecule has 1 aliphatic carbocycles. The highest BCUT2D eigenvalue weighted by Crippen LogP contribution is 2.44. The van der Waals surface area contributed by atoms with E-state index in [9.17, 15) is 9.59 Å². The Labute approximate surface area is 165 Å². The molecule has 3 aliphatic heterocycles. The van der Waals surface area contributed by atoms with Crippen LogP contribution in [0.1, 0.15) is 41.9 Å².